The fraction of sp³-hybridized carbons (Fsp3) is 0.0833. The van der Waals surface area contributed by atoms with Crippen LogP contribution in [0.25, 0.3) is 0 Å². The number of nitrogens with two attached hydrogens (primary N) is 2. The topological polar surface area (TPSA) is 74.2 Å². The van der Waals surface area contributed by atoms with E-state index in [-0.39, 0.29) is 0 Å². The lowest BCUT2D eigenvalue weighted by Gasteiger charge is -2.07. The number of halogens is 1. The van der Waals surface area contributed by atoms with Crippen molar-refractivity contribution in [1.82, 2.24) is 4.98 Å². The summed E-state index contributed by atoms with van der Waals surface area (Å²) in [5, 5.41) is 0. The van der Waals surface area contributed by atoms with Crippen LogP contribution in [0.2, 0.25) is 0 Å². The molecule has 0 saturated heterocycles. The molecule has 2 rings (SSSR count). The number of nitrogen functional groups attached to an aromatic ring is 2. The van der Waals surface area contributed by atoms with E-state index in [1.165, 1.54) is 0 Å². The van der Waals surface area contributed by atoms with Gasteiger partial charge in [0.15, 0.2) is 5.82 Å². The fourth-order valence-electron chi connectivity index (χ4n) is 1.29. The molecule has 0 bridgehead atoms. The van der Waals surface area contributed by atoms with Crippen molar-refractivity contribution in [2.45, 2.75) is 6.61 Å². The average Bonchev–Trinajstić information content (AvgIpc) is 2.33. The van der Waals surface area contributed by atoms with Crippen LogP contribution >= 0.6 is 15.9 Å². The van der Waals surface area contributed by atoms with Crippen molar-refractivity contribution in [1.29, 1.82) is 0 Å². The van der Waals surface area contributed by atoms with Gasteiger partial charge >= 0.3 is 0 Å². The highest BCUT2D eigenvalue weighted by Crippen LogP contribution is 2.18. The largest absolute Gasteiger partial charge is 0.473 e. The normalized spacial score (nSPS) is 10.2. The number of rotatable bonds is 3. The first-order valence-corrected chi connectivity index (χ1v) is 5.83. The first kappa shape index (κ1) is 11.7. The van der Waals surface area contributed by atoms with Crippen LogP contribution in [0.5, 0.6) is 5.88 Å². The van der Waals surface area contributed by atoms with E-state index in [4.69, 9.17) is 16.2 Å². The molecule has 0 fully saturated rings. The van der Waals surface area contributed by atoms with Gasteiger partial charge < -0.3 is 16.2 Å². The Labute approximate surface area is 108 Å². The number of benzene rings is 1. The second-order valence-electron chi connectivity index (χ2n) is 3.54. The predicted octanol–water partition coefficient (Wildman–Crippen LogP) is 2.59. The molecule has 4 nitrogen and oxygen atoms in total. The minimum absolute atomic E-state index is 0.290. The van der Waals surface area contributed by atoms with Crippen molar-refractivity contribution in [2.24, 2.45) is 0 Å². The van der Waals surface area contributed by atoms with E-state index < -0.39 is 0 Å². The highest BCUT2D eigenvalue weighted by Gasteiger charge is 2.00. The van der Waals surface area contributed by atoms with Crippen LogP contribution in [0, 0.1) is 0 Å². The van der Waals surface area contributed by atoms with Crippen molar-refractivity contribution in [3.8, 4) is 5.88 Å². The van der Waals surface area contributed by atoms with E-state index in [9.17, 15) is 0 Å². The number of hydrogen-bond acceptors (Lipinski definition) is 4. The van der Waals surface area contributed by atoms with E-state index in [1.54, 1.807) is 12.1 Å². The maximum Gasteiger partial charge on any atom is 0.215 e. The summed E-state index contributed by atoms with van der Waals surface area (Å²) in [7, 11) is 0. The van der Waals surface area contributed by atoms with E-state index in [1.807, 2.05) is 24.3 Å². The Morgan fingerprint density at radius 1 is 1.06 bits per heavy atom. The Balaban J connectivity index is 2.02. The molecule has 0 saturated carbocycles. The summed E-state index contributed by atoms with van der Waals surface area (Å²) in [6, 6.07) is 11.3. The van der Waals surface area contributed by atoms with Crippen LogP contribution < -0.4 is 16.2 Å². The molecule has 17 heavy (non-hydrogen) atoms. The Hall–Kier alpha value is -1.75. The third-order valence-electron chi connectivity index (χ3n) is 2.23. The second kappa shape index (κ2) is 5.05. The monoisotopic (exact) mass is 293 g/mol. The van der Waals surface area contributed by atoms with Gasteiger partial charge in [-0.2, -0.15) is 4.98 Å². The standard InChI is InChI=1S/C12H12BrN3O/c13-9-3-1-8(2-4-9)7-17-11-6-5-10(14)12(15)16-11/h1-6H,7,14H2,(H2,15,16). The van der Waals surface area contributed by atoms with Gasteiger partial charge in [0, 0.05) is 10.5 Å². The summed E-state index contributed by atoms with van der Waals surface area (Å²) in [6.07, 6.45) is 0. The second-order valence-corrected chi connectivity index (χ2v) is 4.45. The highest BCUT2D eigenvalue weighted by molar-refractivity contribution is 9.10. The maximum atomic E-state index is 5.59. The summed E-state index contributed by atoms with van der Waals surface area (Å²) in [5.74, 6) is 0.762. The van der Waals surface area contributed by atoms with Crippen molar-refractivity contribution in [3.05, 3.63) is 46.4 Å². The van der Waals surface area contributed by atoms with Crippen LogP contribution in [0.3, 0.4) is 0 Å². The van der Waals surface area contributed by atoms with Crippen LogP contribution in [0.1, 0.15) is 5.56 Å². The van der Waals surface area contributed by atoms with E-state index in [0.717, 1.165) is 10.0 Å². The number of anilines is 2. The summed E-state index contributed by atoms with van der Waals surface area (Å²) < 4.78 is 6.54. The van der Waals surface area contributed by atoms with Crippen molar-refractivity contribution < 1.29 is 4.74 Å². The van der Waals surface area contributed by atoms with Crippen molar-refractivity contribution in [2.75, 3.05) is 11.5 Å². The molecule has 0 amide bonds. The number of ether oxygens (including phenoxy) is 1. The molecule has 1 heterocycles. The molecule has 4 N–H and O–H groups in total. The number of aromatic nitrogens is 1. The van der Waals surface area contributed by atoms with Crippen LogP contribution in [-0.4, -0.2) is 4.98 Å². The van der Waals surface area contributed by atoms with E-state index in [0.29, 0.717) is 24.0 Å². The smallest absolute Gasteiger partial charge is 0.215 e. The van der Waals surface area contributed by atoms with Crippen LogP contribution in [0.4, 0.5) is 11.5 Å². The molecular weight excluding hydrogens is 282 g/mol. The van der Waals surface area contributed by atoms with Crippen molar-refractivity contribution in [3.63, 3.8) is 0 Å². The molecule has 5 heteroatoms. The Kier molecular flexibility index (Phi) is 3.49. The molecule has 0 aliphatic rings. The van der Waals surface area contributed by atoms with Gasteiger partial charge in [-0.15, -0.1) is 0 Å². The summed E-state index contributed by atoms with van der Waals surface area (Å²) >= 11 is 3.38. The van der Waals surface area contributed by atoms with E-state index in [2.05, 4.69) is 20.9 Å². The number of hydrogen-bond donors (Lipinski definition) is 2. The lowest BCUT2D eigenvalue weighted by molar-refractivity contribution is 0.294. The summed E-state index contributed by atoms with van der Waals surface area (Å²) in [6.45, 7) is 0.448. The van der Waals surface area contributed by atoms with Gasteiger partial charge in [0.05, 0.1) is 5.69 Å². The molecular formula is C12H12BrN3O. The minimum atomic E-state index is 0.290. The molecule has 1 aromatic heterocycles. The van der Waals surface area contributed by atoms with Gasteiger partial charge in [0.1, 0.15) is 6.61 Å². The van der Waals surface area contributed by atoms with Gasteiger partial charge in [-0.05, 0) is 23.8 Å². The first-order valence-electron chi connectivity index (χ1n) is 5.04. The molecule has 0 unspecified atom stereocenters. The fourth-order valence-corrected chi connectivity index (χ4v) is 1.55. The number of nitrogens with zero attached hydrogens (tertiary/aromatic N) is 1. The van der Waals surface area contributed by atoms with Gasteiger partial charge in [-0.25, -0.2) is 0 Å². The van der Waals surface area contributed by atoms with Gasteiger partial charge in [-0.3, -0.25) is 0 Å². The lowest BCUT2D eigenvalue weighted by Crippen LogP contribution is -2.01. The summed E-state index contributed by atoms with van der Waals surface area (Å²) in [5.41, 5.74) is 12.7. The van der Waals surface area contributed by atoms with Crippen LogP contribution in [0.15, 0.2) is 40.9 Å². The molecule has 2 aromatic rings. The Morgan fingerprint density at radius 3 is 2.41 bits per heavy atom. The zero-order valence-corrected chi connectivity index (χ0v) is 10.6. The SMILES string of the molecule is Nc1ccc(OCc2ccc(Br)cc2)nc1N. The molecule has 1 aromatic carbocycles. The van der Waals surface area contributed by atoms with Crippen molar-refractivity contribution >= 4 is 27.4 Å². The quantitative estimate of drug-likeness (QED) is 0.912. The molecule has 0 aliphatic heterocycles. The third kappa shape index (κ3) is 3.10. The first-order chi connectivity index (χ1) is 8.15. The maximum absolute atomic E-state index is 5.59. The van der Waals surface area contributed by atoms with Gasteiger partial charge in [0.2, 0.25) is 5.88 Å². The Morgan fingerprint density at radius 2 is 1.76 bits per heavy atom. The highest BCUT2D eigenvalue weighted by atomic mass is 79.9. The number of pyridine rings is 1. The molecule has 0 radical (unpaired) electrons. The average molecular weight is 294 g/mol. The summed E-state index contributed by atoms with van der Waals surface area (Å²) in [4.78, 5) is 4.03. The molecule has 0 aliphatic carbocycles. The molecule has 88 valence electrons. The predicted molar refractivity (Wildman–Crippen MR) is 71.5 cm³/mol. The zero-order valence-electron chi connectivity index (χ0n) is 9.06. The Bertz CT molecular complexity index is 514. The third-order valence-corrected chi connectivity index (χ3v) is 2.76. The van der Waals surface area contributed by atoms with Gasteiger partial charge in [0.25, 0.3) is 0 Å². The van der Waals surface area contributed by atoms with Gasteiger partial charge in [-0.1, -0.05) is 28.1 Å². The zero-order chi connectivity index (χ0) is 12.3. The van der Waals surface area contributed by atoms with Crippen LogP contribution in [-0.2, 0) is 6.61 Å². The van der Waals surface area contributed by atoms with E-state index >= 15 is 0 Å². The lowest BCUT2D eigenvalue weighted by atomic mass is 10.2. The molecule has 0 atom stereocenters. The molecule has 0 spiro atoms. The minimum Gasteiger partial charge on any atom is -0.473 e.